The van der Waals surface area contributed by atoms with Crippen molar-refractivity contribution in [2.75, 3.05) is 0 Å². The Morgan fingerprint density at radius 1 is 0.944 bits per heavy atom. The predicted molar refractivity (Wildman–Crippen MR) is 73.7 cm³/mol. The Bertz CT molecular complexity index is 506. The minimum atomic E-state index is -0.242. The molecule has 0 aliphatic heterocycles. The van der Waals surface area contributed by atoms with Gasteiger partial charge in [0, 0.05) is 0 Å². The van der Waals surface area contributed by atoms with Gasteiger partial charge in [-0.15, -0.1) is 0 Å². The van der Waals surface area contributed by atoms with E-state index in [1.807, 2.05) is 52.0 Å². The van der Waals surface area contributed by atoms with Gasteiger partial charge in [0.25, 0.3) is 0 Å². The number of aryl methyl sites for hydroxylation is 2. The summed E-state index contributed by atoms with van der Waals surface area (Å²) in [6.07, 6.45) is 0. The Hall–Kier alpha value is -1.83. The van der Waals surface area contributed by atoms with Gasteiger partial charge < -0.3 is 4.74 Å². The number of halogens is 1. The van der Waals surface area contributed by atoms with Crippen LogP contribution in [0.1, 0.15) is 25.0 Å². The largest absolute Gasteiger partial charge is 0.457 e. The van der Waals surface area contributed by atoms with E-state index < -0.39 is 0 Å². The number of hydrogen-bond donors (Lipinski definition) is 0. The monoisotopic (exact) mass is 246 g/mol. The summed E-state index contributed by atoms with van der Waals surface area (Å²) in [5, 5.41) is 0. The summed E-state index contributed by atoms with van der Waals surface area (Å²) in [5.41, 5.74) is 1.93. The maximum atomic E-state index is 12.9. The first-order chi connectivity index (χ1) is 8.65. The first-order valence-corrected chi connectivity index (χ1v) is 6.16. The molecule has 0 saturated carbocycles. The maximum Gasteiger partial charge on any atom is 0.130 e. The molecule has 96 valence electrons. The number of rotatable bonds is 2. The molecule has 0 saturated heterocycles. The second kappa shape index (κ2) is 6.80. The topological polar surface area (TPSA) is 9.23 Å². The molecule has 0 bridgehead atoms. The molecular weight excluding hydrogens is 227 g/mol. The Labute approximate surface area is 108 Å². The van der Waals surface area contributed by atoms with Gasteiger partial charge in [0.15, 0.2) is 0 Å². The van der Waals surface area contributed by atoms with Crippen molar-refractivity contribution < 1.29 is 9.13 Å². The van der Waals surface area contributed by atoms with Gasteiger partial charge in [-0.25, -0.2) is 4.39 Å². The zero-order valence-electron chi connectivity index (χ0n) is 11.3. The highest BCUT2D eigenvalue weighted by Crippen LogP contribution is 2.25. The lowest BCUT2D eigenvalue weighted by molar-refractivity contribution is 0.476. The van der Waals surface area contributed by atoms with Gasteiger partial charge in [0.1, 0.15) is 17.3 Å². The maximum absolute atomic E-state index is 12.9. The van der Waals surface area contributed by atoms with Crippen molar-refractivity contribution in [3.05, 3.63) is 59.4 Å². The molecule has 2 heteroatoms. The first kappa shape index (κ1) is 14.2. The normalized spacial score (nSPS) is 9.39. The molecule has 0 aliphatic carbocycles. The van der Waals surface area contributed by atoms with Crippen LogP contribution in [0.15, 0.2) is 42.5 Å². The van der Waals surface area contributed by atoms with Crippen LogP contribution in [0.4, 0.5) is 4.39 Å². The molecule has 0 aliphatic rings. The summed E-state index contributed by atoms with van der Waals surface area (Å²) in [6, 6.07) is 12.3. The lowest BCUT2D eigenvalue weighted by Crippen LogP contribution is -1.88. The van der Waals surface area contributed by atoms with Gasteiger partial charge in [-0.05, 0) is 55.3 Å². The van der Waals surface area contributed by atoms with E-state index in [0.717, 1.165) is 16.9 Å². The molecule has 0 amide bonds. The van der Waals surface area contributed by atoms with Crippen LogP contribution in [-0.2, 0) is 0 Å². The summed E-state index contributed by atoms with van der Waals surface area (Å²) in [7, 11) is 0. The SMILES string of the molecule is CC.Cc1cccc(Oc2ccc(F)cc2C)c1. The molecule has 2 aromatic rings. The molecule has 0 N–H and O–H groups in total. The summed E-state index contributed by atoms with van der Waals surface area (Å²) < 4.78 is 18.6. The second-order valence-electron chi connectivity index (χ2n) is 3.83. The van der Waals surface area contributed by atoms with Crippen molar-refractivity contribution in [3.8, 4) is 11.5 Å². The average molecular weight is 246 g/mol. The lowest BCUT2D eigenvalue weighted by Gasteiger charge is -2.08. The fourth-order valence-corrected chi connectivity index (χ4v) is 1.53. The Morgan fingerprint density at radius 2 is 1.67 bits per heavy atom. The molecule has 0 spiro atoms. The highest BCUT2D eigenvalue weighted by atomic mass is 19.1. The molecule has 2 aromatic carbocycles. The lowest BCUT2D eigenvalue weighted by atomic mass is 10.2. The Kier molecular flexibility index (Phi) is 5.37. The van der Waals surface area contributed by atoms with Gasteiger partial charge >= 0.3 is 0 Å². The third-order valence-electron chi connectivity index (χ3n) is 2.35. The molecule has 0 atom stereocenters. The third-order valence-corrected chi connectivity index (χ3v) is 2.35. The molecule has 0 radical (unpaired) electrons. The predicted octanol–water partition coefficient (Wildman–Crippen LogP) is 5.26. The van der Waals surface area contributed by atoms with E-state index in [-0.39, 0.29) is 5.82 Å². The van der Waals surface area contributed by atoms with Gasteiger partial charge in [0.05, 0.1) is 0 Å². The third kappa shape index (κ3) is 3.88. The summed E-state index contributed by atoms with van der Waals surface area (Å²) in [5.74, 6) is 1.22. The average Bonchev–Trinajstić information content (AvgIpc) is 2.35. The highest BCUT2D eigenvalue weighted by molar-refractivity contribution is 5.38. The van der Waals surface area contributed by atoms with Crippen LogP contribution in [0.25, 0.3) is 0 Å². The molecular formula is C16H19FO. The van der Waals surface area contributed by atoms with Crippen LogP contribution in [0.2, 0.25) is 0 Å². The zero-order valence-corrected chi connectivity index (χ0v) is 11.3. The van der Waals surface area contributed by atoms with Gasteiger partial charge in [-0.1, -0.05) is 26.0 Å². The van der Waals surface area contributed by atoms with Crippen LogP contribution in [0.5, 0.6) is 11.5 Å². The van der Waals surface area contributed by atoms with Crippen molar-refractivity contribution in [2.45, 2.75) is 27.7 Å². The molecule has 0 heterocycles. The standard InChI is InChI=1S/C14H13FO.C2H6/c1-10-4-3-5-13(8-10)16-14-7-6-12(15)9-11(14)2;1-2/h3-9H,1-2H3;1-2H3. The molecule has 0 fully saturated rings. The quantitative estimate of drug-likeness (QED) is 0.702. The molecule has 0 aromatic heterocycles. The van der Waals surface area contributed by atoms with E-state index in [0.29, 0.717) is 5.75 Å². The smallest absolute Gasteiger partial charge is 0.130 e. The van der Waals surface area contributed by atoms with Gasteiger partial charge in [0.2, 0.25) is 0 Å². The second-order valence-corrected chi connectivity index (χ2v) is 3.83. The van der Waals surface area contributed by atoms with Crippen LogP contribution in [-0.4, -0.2) is 0 Å². The van der Waals surface area contributed by atoms with Gasteiger partial charge in [-0.2, -0.15) is 0 Å². The number of ether oxygens (including phenoxy) is 1. The van der Waals surface area contributed by atoms with E-state index in [1.54, 1.807) is 6.07 Å². The number of benzene rings is 2. The minimum Gasteiger partial charge on any atom is -0.457 e. The van der Waals surface area contributed by atoms with Crippen molar-refractivity contribution in [2.24, 2.45) is 0 Å². The van der Waals surface area contributed by atoms with Crippen molar-refractivity contribution in [3.63, 3.8) is 0 Å². The van der Waals surface area contributed by atoms with E-state index in [1.165, 1.54) is 12.1 Å². The molecule has 1 nitrogen and oxygen atoms in total. The van der Waals surface area contributed by atoms with Crippen molar-refractivity contribution in [1.82, 2.24) is 0 Å². The Balaban J connectivity index is 0.000000771. The van der Waals surface area contributed by atoms with Crippen molar-refractivity contribution in [1.29, 1.82) is 0 Å². The van der Waals surface area contributed by atoms with Crippen LogP contribution >= 0.6 is 0 Å². The molecule has 0 unspecified atom stereocenters. The number of hydrogen-bond acceptors (Lipinski definition) is 1. The fourth-order valence-electron chi connectivity index (χ4n) is 1.53. The summed E-state index contributed by atoms with van der Waals surface area (Å²) in [4.78, 5) is 0. The van der Waals surface area contributed by atoms with E-state index in [9.17, 15) is 4.39 Å². The first-order valence-electron chi connectivity index (χ1n) is 6.16. The van der Waals surface area contributed by atoms with Crippen LogP contribution < -0.4 is 4.74 Å². The van der Waals surface area contributed by atoms with Crippen LogP contribution in [0.3, 0.4) is 0 Å². The fraction of sp³-hybridized carbons (Fsp3) is 0.250. The summed E-state index contributed by atoms with van der Waals surface area (Å²) >= 11 is 0. The van der Waals surface area contributed by atoms with E-state index in [2.05, 4.69) is 0 Å². The minimum absolute atomic E-state index is 0.242. The highest BCUT2D eigenvalue weighted by Gasteiger charge is 2.02. The van der Waals surface area contributed by atoms with Crippen LogP contribution in [0, 0.1) is 19.7 Å². The Morgan fingerprint density at radius 3 is 2.28 bits per heavy atom. The van der Waals surface area contributed by atoms with E-state index in [4.69, 9.17) is 4.74 Å². The van der Waals surface area contributed by atoms with Crippen molar-refractivity contribution >= 4 is 0 Å². The zero-order chi connectivity index (χ0) is 13.5. The molecule has 18 heavy (non-hydrogen) atoms. The van der Waals surface area contributed by atoms with Gasteiger partial charge in [-0.3, -0.25) is 0 Å². The summed E-state index contributed by atoms with van der Waals surface area (Å²) in [6.45, 7) is 7.83. The molecule has 2 rings (SSSR count). The van der Waals surface area contributed by atoms with E-state index >= 15 is 0 Å².